The third-order valence-corrected chi connectivity index (χ3v) is 6.69. The number of nitrogens with zero attached hydrogens (tertiary/aromatic N) is 3. The van der Waals surface area contributed by atoms with Crippen LogP contribution in [0.3, 0.4) is 0 Å². The Hall–Kier alpha value is -1.33. The molecule has 0 unspecified atom stereocenters. The molecule has 1 aromatic heterocycles. The first kappa shape index (κ1) is 21.0. The fourth-order valence-corrected chi connectivity index (χ4v) is 4.50. The molecule has 0 aromatic carbocycles. The largest absolute Gasteiger partial charge is 0.511 e. The predicted molar refractivity (Wildman–Crippen MR) is 96.4 cm³/mol. The SMILES string of the molecule is CN=C(NCC1CCN(S(=O)(=O)C(F)(F)F)CC1)N(C)Cc1ccsc1. The highest BCUT2D eigenvalue weighted by atomic mass is 32.2. The van der Waals surface area contributed by atoms with Crippen LogP contribution in [0.5, 0.6) is 0 Å². The maximum absolute atomic E-state index is 12.6. The van der Waals surface area contributed by atoms with Crippen LogP contribution in [0, 0.1) is 5.92 Å². The molecule has 2 rings (SSSR count). The summed E-state index contributed by atoms with van der Waals surface area (Å²) in [7, 11) is -1.64. The Balaban J connectivity index is 1.82. The zero-order valence-corrected chi connectivity index (χ0v) is 16.3. The third-order valence-electron chi connectivity index (χ3n) is 4.33. The Labute approximate surface area is 155 Å². The van der Waals surface area contributed by atoms with Crippen LogP contribution in [0.15, 0.2) is 21.8 Å². The van der Waals surface area contributed by atoms with Crippen molar-refractivity contribution >= 4 is 27.3 Å². The molecule has 1 saturated heterocycles. The maximum atomic E-state index is 12.6. The summed E-state index contributed by atoms with van der Waals surface area (Å²) in [4.78, 5) is 6.18. The standard InChI is InChI=1S/C15H23F3N4O2S2/c1-19-14(21(2)10-13-5-8-25-11-13)20-9-12-3-6-22(7-4-12)26(23,24)15(16,17)18/h5,8,11-12H,3-4,6-7,9-10H2,1-2H3,(H,19,20). The van der Waals surface area contributed by atoms with Gasteiger partial charge >= 0.3 is 15.5 Å². The summed E-state index contributed by atoms with van der Waals surface area (Å²) in [5.74, 6) is 0.794. The minimum absolute atomic E-state index is 0.0981. The zero-order valence-electron chi connectivity index (χ0n) is 14.7. The normalized spacial score (nSPS) is 18.1. The third kappa shape index (κ3) is 5.10. The molecule has 1 fully saturated rings. The van der Waals surface area contributed by atoms with E-state index in [9.17, 15) is 21.6 Å². The van der Waals surface area contributed by atoms with E-state index < -0.39 is 15.5 Å². The van der Waals surface area contributed by atoms with Crippen LogP contribution in [-0.4, -0.2) is 62.8 Å². The van der Waals surface area contributed by atoms with E-state index in [0.29, 0.717) is 36.2 Å². The number of hydrogen-bond acceptors (Lipinski definition) is 4. The van der Waals surface area contributed by atoms with Gasteiger partial charge in [-0.25, -0.2) is 8.42 Å². The molecule has 0 atom stereocenters. The highest BCUT2D eigenvalue weighted by Gasteiger charge is 2.50. The van der Waals surface area contributed by atoms with E-state index >= 15 is 0 Å². The smallest absolute Gasteiger partial charge is 0.356 e. The molecule has 26 heavy (non-hydrogen) atoms. The molecule has 1 aliphatic heterocycles. The fraction of sp³-hybridized carbons (Fsp3) is 0.667. The first-order chi connectivity index (χ1) is 12.1. The van der Waals surface area contributed by atoms with E-state index in [1.54, 1.807) is 18.4 Å². The van der Waals surface area contributed by atoms with Gasteiger partial charge < -0.3 is 10.2 Å². The molecule has 0 amide bonds. The summed E-state index contributed by atoms with van der Waals surface area (Å²) < 4.78 is 61.2. The van der Waals surface area contributed by atoms with Crippen molar-refractivity contribution in [3.8, 4) is 0 Å². The van der Waals surface area contributed by atoms with Crippen molar-refractivity contribution in [3.05, 3.63) is 22.4 Å². The molecule has 11 heteroatoms. The molecule has 0 radical (unpaired) electrons. The van der Waals surface area contributed by atoms with E-state index in [-0.39, 0.29) is 19.0 Å². The lowest BCUT2D eigenvalue weighted by molar-refractivity contribution is -0.0496. The summed E-state index contributed by atoms with van der Waals surface area (Å²) in [6.45, 7) is 1.01. The Bertz CT molecular complexity index is 697. The molecule has 1 aliphatic rings. The van der Waals surface area contributed by atoms with Crippen molar-refractivity contribution in [2.75, 3.05) is 33.7 Å². The van der Waals surface area contributed by atoms with Crippen LogP contribution in [0.4, 0.5) is 13.2 Å². The highest BCUT2D eigenvalue weighted by molar-refractivity contribution is 7.90. The molecular formula is C15H23F3N4O2S2. The van der Waals surface area contributed by atoms with Crippen LogP contribution in [0.25, 0.3) is 0 Å². The number of sulfonamides is 1. The van der Waals surface area contributed by atoms with Gasteiger partial charge in [-0.3, -0.25) is 4.99 Å². The average molecular weight is 413 g/mol. The molecule has 0 saturated carbocycles. The van der Waals surface area contributed by atoms with Crippen molar-refractivity contribution in [3.63, 3.8) is 0 Å². The number of aliphatic imine (C=N–C) groups is 1. The topological polar surface area (TPSA) is 65.0 Å². The van der Waals surface area contributed by atoms with Crippen molar-refractivity contribution in [2.45, 2.75) is 24.9 Å². The summed E-state index contributed by atoms with van der Waals surface area (Å²) >= 11 is 1.62. The first-order valence-electron chi connectivity index (χ1n) is 8.14. The van der Waals surface area contributed by atoms with Gasteiger partial charge in [0.1, 0.15) is 0 Å². The van der Waals surface area contributed by atoms with Crippen LogP contribution in [0.1, 0.15) is 18.4 Å². The maximum Gasteiger partial charge on any atom is 0.511 e. The van der Waals surface area contributed by atoms with Crippen LogP contribution < -0.4 is 5.32 Å². The monoisotopic (exact) mass is 412 g/mol. The number of halogens is 3. The van der Waals surface area contributed by atoms with Crippen molar-refractivity contribution in [1.82, 2.24) is 14.5 Å². The lowest BCUT2D eigenvalue weighted by Gasteiger charge is -2.32. The van der Waals surface area contributed by atoms with Gasteiger partial charge in [0.05, 0.1) is 0 Å². The summed E-state index contributed by atoms with van der Waals surface area (Å²) in [6, 6.07) is 2.03. The first-order valence-corrected chi connectivity index (χ1v) is 10.5. The number of piperidine rings is 1. The van der Waals surface area contributed by atoms with Crippen molar-refractivity contribution in [2.24, 2.45) is 10.9 Å². The second-order valence-electron chi connectivity index (χ2n) is 6.21. The molecule has 1 N–H and O–H groups in total. The van der Waals surface area contributed by atoms with Crippen LogP contribution >= 0.6 is 11.3 Å². The van der Waals surface area contributed by atoms with Crippen LogP contribution in [0.2, 0.25) is 0 Å². The average Bonchev–Trinajstić information content (AvgIpc) is 3.07. The number of alkyl halides is 3. The number of guanidine groups is 1. The number of thiophene rings is 1. The summed E-state index contributed by atoms with van der Waals surface area (Å²) in [6.07, 6.45) is 0.765. The molecule has 6 nitrogen and oxygen atoms in total. The van der Waals surface area contributed by atoms with Gasteiger partial charge in [0.15, 0.2) is 5.96 Å². The lowest BCUT2D eigenvalue weighted by Crippen LogP contribution is -2.47. The molecular weight excluding hydrogens is 389 g/mol. The lowest BCUT2D eigenvalue weighted by atomic mass is 9.98. The second-order valence-corrected chi connectivity index (χ2v) is 8.92. The van der Waals surface area contributed by atoms with Crippen LogP contribution in [-0.2, 0) is 16.6 Å². The number of rotatable bonds is 5. The summed E-state index contributed by atoms with van der Waals surface area (Å²) in [5, 5.41) is 7.28. The Morgan fingerprint density at radius 1 is 1.42 bits per heavy atom. The number of nitrogens with one attached hydrogen (secondary N) is 1. The molecule has 1 aromatic rings. The van der Waals surface area contributed by atoms with Crippen molar-refractivity contribution in [1.29, 1.82) is 0 Å². The van der Waals surface area contributed by atoms with Gasteiger partial charge in [0, 0.05) is 40.3 Å². The van der Waals surface area contributed by atoms with E-state index in [1.807, 2.05) is 23.4 Å². The molecule has 148 valence electrons. The van der Waals surface area contributed by atoms with E-state index in [2.05, 4.69) is 15.7 Å². The van der Waals surface area contributed by atoms with Gasteiger partial charge in [0.25, 0.3) is 0 Å². The molecule has 0 bridgehead atoms. The van der Waals surface area contributed by atoms with E-state index in [4.69, 9.17) is 0 Å². The van der Waals surface area contributed by atoms with Gasteiger partial charge in [-0.1, -0.05) is 0 Å². The van der Waals surface area contributed by atoms with E-state index in [0.717, 1.165) is 0 Å². The second kappa shape index (κ2) is 8.57. The molecule has 0 aliphatic carbocycles. The molecule has 2 heterocycles. The quantitative estimate of drug-likeness (QED) is 0.596. The Kier molecular flexibility index (Phi) is 6.92. The predicted octanol–water partition coefficient (Wildman–Crippen LogP) is 2.32. The minimum Gasteiger partial charge on any atom is -0.356 e. The Morgan fingerprint density at radius 2 is 2.08 bits per heavy atom. The highest BCUT2D eigenvalue weighted by Crippen LogP contribution is 2.30. The zero-order chi connectivity index (χ0) is 19.4. The van der Waals surface area contributed by atoms with E-state index in [1.165, 1.54) is 5.56 Å². The summed E-state index contributed by atoms with van der Waals surface area (Å²) in [5.41, 5.74) is -4.06. The van der Waals surface area contributed by atoms with Gasteiger partial charge in [-0.05, 0) is 41.1 Å². The van der Waals surface area contributed by atoms with Gasteiger partial charge in [0.2, 0.25) is 0 Å². The molecule has 0 spiro atoms. The van der Waals surface area contributed by atoms with Crippen molar-refractivity contribution < 1.29 is 21.6 Å². The van der Waals surface area contributed by atoms with Gasteiger partial charge in [-0.15, -0.1) is 0 Å². The fourth-order valence-electron chi connectivity index (χ4n) is 2.85. The Morgan fingerprint density at radius 3 is 2.58 bits per heavy atom. The van der Waals surface area contributed by atoms with Gasteiger partial charge in [-0.2, -0.15) is 28.8 Å². The minimum atomic E-state index is -5.23. The number of hydrogen-bond donors (Lipinski definition) is 1.